The van der Waals surface area contributed by atoms with Crippen molar-refractivity contribution < 1.29 is 18.7 Å². The summed E-state index contributed by atoms with van der Waals surface area (Å²) < 4.78 is 24.4. The summed E-state index contributed by atoms with van der Waals surface area (Å²) in [5.41, 5.74) is 0.176. The maximum absolute atomic E-state index is 13.5. The van der Waals surface area contributed by atoms with Gasteiger partial charge in [-0.1, -0.05) is 30.3 Å². The molecule has 0 amide bonds. The number of aliphatic hydroxyl groups excluding tert-OH is 1. The maximum atomic E-state index is 13.5. The molecule has 0 bridgehead atoms. The Labute approximate surface area is 121 Å². The molecule has 0 aliphatic rings. The molecule has 0 aliphatic carbocycles. The number of para-hydroxylation sites is 2. The van der Waals surface area contributed by atoms with Crippen LogP contribution in [0.1, 0.15) is 18.3 Å². The van der Waals surface area contributed by atoms with E-state index in [9.17, 15) is 9.50 Å². The zero-order valence-electron chi connectivity index (χ0n) is 11.3. The number of benzene rings is 2. The summed E-state index contributed by atoms with van der Waals surface area (Å²) in [5.74, 6) is 0.679. The third-order valence-corrected chi connectivity index (χ3v) is 3.25. The third-order valence-electron chi connectivity index (χ3n) is 3.25. The lowest BCUT2D eigenvalue weighted by Crippen LogP contribution is -2.04. The van der Waals surface area contributed by atoms with Crippen LogP contribution in [-0.2, 0) is 0 Å². The van der Waals surface area contributed by atoms with Crippen LogP contribution in [0.2, 0.25) is 0 Å². The molecule has 4 heteroatoms. The Morgan fingerprint density at radius 2 is 1.90 bits per heavy atom. The van der Waals surface area contributed by atoms with E-state index in [2.05, 4.69) is 0 Å². The van der Waals surface area contributed by atoms with Crippen molar-refractivity contribution in [3.05, 3.63) is 66.2 Å². The molecule has 21 heavy (non-hydrogen) atoms. The molecular formula is C17H15FO3. The number of halogens is 1. The fraction of sp³-hybridized carbons (Fsp3) is 0.176. The fourth-order valence-corrected chi connectivity index (χ4v) is 2.16. The van der Waals surface area contributed by atoms with Gasteiger partial charge in [-0.15, -0.1) is 0 Å². The Morgan fingerprint density at radius 1 is 1.10 bits per heavy atom. The van der Waals surface area contributed by atoms with Crippen molar-refractivity contribution in [2.24, 2.45) is 0 Å². The molecule has 1 heterocycles. The third kappa shape index (κ3) is 3.06. The standard InChI is InChI=1S/C17H15FO3/c18-14-8-4-5-12-11-16(21-17(12)14)15(19)9-10-20-13-6-2-1-3-7-13/h1-8,11,15,19H,9-10H2. The smallest absolute Gasteiger partial charge is 0.170 e. The summed E-state index contributed by atoms with van der Waals surface area (Å²) in [5, 5.41) is 10.7. The summed E-state index contributed by atoms with van der Waals surface area (Å²) in [7, 11) is 0. The molecule has 0 saturated carbocycles. The molecule has 0 spiro atoms. The SMILES string of the molecule is OC(CCOc1ccccc1)c1cc2cccc(F)c2o1. The molecule has 0 radical (unpaired) electrons. The number of furan rings is 1. The normalized spacial score (nSPS) is 12.5. The minimum Gasteiger partial charge on any atom is -0.493 e. The largest absolute Gasteiger partial charge is 0.493 e. The van der Waals surface area contributed by atoms with Crippen LogP contribution in [0.5, 0.6) is 5.75 Å². The van der Waals surface area contributed by atoms with Gasteiger partial charge >= 0.3 is 0 Å². The molecular weight excluding hydrogens is 271 g/mol. The summed E-state index contributed by atoms with van der Waals surface area (Å²) in [6.07, 6.45) is -0.448. The van der Waals surface area contributed by atoms with Crippen molar-refractivity contribution in [1.82, 2.24) is 0 Å². The van der Waals surface area contributed by atoms with Crippen molar-refractivity contribution in [3.8, 4) is 5.75 Å². The Hall–Kier alpha value is -2.33. The van der Waals surface area contributed by atoms with E-state index in [4.69, 9.17) is 9.15 Å². The van der Waals surface area contributed by atoms with Gasteiger partial charge in [0.15, 0.2) is 11.4 Å². The highest BCUT2D eigenvalue weighted by molar-refractivity contribution is 5.78. The molecule has 3 rings (SSSR count). The lowest BCUT2D eigenvalue weighted by atomic mass is 10.2. The van der Waals surface area contributed by atoms with E-state index in [0.29, 0.717) is 24.2 Å². The molecule has 0 fully saturated rings. The second kappa shape index (κ2) is 5.97. The highest BCUT2D eigenvalue weighted by atomic mass is 19.1. The quantitative estimate of drug-likeness (QED) is 0.768. The van der Waals surface area contributed by atoms with Crippen molar-refractivity contribution in [1.29, 1.82) is 0 Å². The first kappa shape index (κ1) is 13.6. The van der Waals surface area contributed by atoms with Gasteiger partial charge in [0, 0.05) is 11.8 Å². The van der Waals surface area contributed by atoms with Crippen molar-refractivity contribution in [2.75, 3.05) is 6.61 Å². The van der Waals surface area contributed by atoms with Gasteiger partial charge in [0.05, 0.1) is 6.61 Å². The minimum atomic E-state index is -0.819. The molecule has 108 valence electrons. The van der Waals surface area contributed by atoms with Gasteiger partial charge in [-0.05, 0) is 24.3 Å². The van der Waals surface area contributed by atoms with Gasteiger partial charge in [-0.2, -0.15) is 0 Å². The number of hydrogen-bond acceptors (Lipinski definition) is 3. The fourth-order valence-electron chi connectivity index (χ4n) is 2.16. The first-order chi connectivity index (χ1) is 10.2. The van der Waals surface area contributed by atoms with E-state index in [0.717, 1.165) is 5.75 Å². The first-order valence-corrected chi connectivity index (χ1v) is 6.78. The molecule has 3 nitrogen and oxygen atoms in total. The predicted octanol–water partition coefficient (Wildman–Crippen LogP) is 4.07. The van der Waals surface area contributed by atoms with Crippen molar-refractivity contribution >= 4 is 11.0 Å². The van der Waals surface area contributed by atoms with Crippen LogP contribution >= 0.6 is 0 Å². The molecule has 1 unspecified atom stereocenters. The van der Waals surface area contributed by atoms with E-state index < -0.39 is 11.9 Å². The molecule has 3 aromatic rings. The minimum absolute atomic E-state index is 0.176. The van der Waals surface area contributed by atoms with Gasteiger partial charge < -0.3 is 14.3 Å². The van der Waals surface area contributed by atoms with Crippen molar-refractivity contribution in [3.63, 3.8) is 0 Å². The van der Waals surface area contributed by atoms with Crippen LogP contribution in [0, 0.1) is 5.82 Å². The van der Waals surface area contributed by atoms with Crippen LogP contribution in [0.4, 0.5) is 4.39 Å². The van der Waals surface area contributed by atoms with E-state index in [-0.39, 0.29) is 5.58 Å². The highest BCUT2D eigenvalue weighted by Crippen LogP contribution is 2.27. The van der Waals surface area contributed by atoms with Crippen LogP contribution in [0.15, 0.2) is 59.0 Å². The van der Waals surface area contributed by atoms with Crippen LogP contribution in [0.3, 0.4) is 0 Å². The van der Waals surface area contributed by atoms with E-state index in [1.54, 1.807) is 18.2 Å². The highest BCUT2D eigenvalue weighted by Gasteiger charge is 2.15. The van der Waals surface area contributed by atoms with Crippen molar-refractivity contribution in [2.45, 2.75) is 12.5 Å². The summed E-state index contributed by atoms with van der Waals surface area (Å²) >= 11 is 0. The van der Waals surface area contributed by atoms with Gasteiger partial charge in [0.2, 0.25) is 0 Å². The number of hydrogen-bond donors (Lipinski definition) is 1. The molecule has 1 N–H and O–H groups in total. The number of ether oxygens (including phenoxy) is 1. The van der Waals surface area contributed by atoms with Gasteiger partial charge in [-0.25, -0.2) is 4.39 Å². The monoisotopic (exact) mass is 286 g/mol. The number of fused-ring (bicyclic) bond motifs is 1. The Balaban J connectivity index is 1.64. The van der Waals surface area contributed by atoms with E-state index in [1.165, 1.54) is 6.07 Å². The van der Waals surface area contributed by atoms with E-state index in [1.807, 2.05) is 30.3 Å². The Morgan fingerprint density at radius 3 is 2.67 bits per heavy atom. The average molecular weight is 286 g/mol. The lowest BCUT2D eigenvalue weighted by Gasteiger charge is -2.09. The van der Waals surface area contributed by atoms with Crippen LogP contribution in [0.25, 0.3) is 11.0 Å². The summed E-state index contributed by atoms with van der Waals surface area (Å²) in [4.78, 5) is 0. The summed E-state index contributed by atoms with van der Waals surface area (Å²) in [6, 6.07) is 15.7. The number of aliphatic hydroxyl groups is 1. The Kier molecular flexibility index (Phi) is 3.88. The topological polar surface area (TPSA) is 42.6 Å². The predicted molar refractivity (Wildman–Crippen MR) is 77.7 cm³/mol. The molecule has 2 aromatic carbocycles. The molecule has 0 saturated heterocycles. The first-order valence-electron chi connectivity index (χ1n) is 6.78. The second-order valence-electron chi connectivity index (χ2n) is 4.77. The maximum Gasteiger partial charge on any atom is 0.170 e. The van der Waals surface area contributed by atoms with Crippen LogP contribution in [-0.4, -0.2) is 11.7 Å². The summed E-state index contributed by atoms with van der Waals surface area (Å²) in [6.45, 7) is 0.352. The van der Waals surface area contributed by atoms with Gasteiger partial charge in [0.1, 0.15) is 17.6 Å². The van der Waals surface area contributed by atoms with Gasteiger partial charge in [0.25, 0.3) is 0 Å². The molecule has 1 aromatic heterocycles. The Bertz CT molecular complexity index is 721. The molecule has 0 aliphatic heterocycles. The van der Waals surface area contributed by atoms with E-state index >= 15 is 0 Å². The second-order valence-corrected chi connectivity index (χ2v) is 4.77. The zero-order chi connectivity index (χ0) is 14.7. The van der Waals surface area contributed by atoms with Gasteiger partial charge in [-0.3, -0.25) is 0 Å². The zero-order valence-corrected chi connectivity index (χ0v) is 11.3. The molecule has 1 atom stereocenters. The average Bonchev–Trinajstić information content (AvgIpc) is 2.94. The number of rotatable bonds is 5. The van der Waals surface area contributed by atoms with Crippen LogP contribution < -0.4 is 4.74 Å². The lowest BCUT2D eigenvalue weighted by molar-refractivity contribution is 0.120.